The summed E-state index contributed by atoms with van der Waals surface area (Å²) < 4.78 is 26.2. The number of anilines is 2. The number of carbonyl (C=O) groups is 1. The van der Waals surface area contributed by atoms with E-state index in [1.54, 1.807) is 0 Å². The second kappa shape index (κ2) is 11.3. The van der Waals surface area contributed by atoms with Gasteiger partial charge in [0.15, 0.2) is 0 Å². The maximum absolute atomic E-state index is 13.1. The minimum absolute atomic E-state index is 0.0793. The lowest BCUT2D eigenvalue weighted by Crippen LogP contribution is -2.64. The van der Waals surface area contributed by atoms with Crippen molar-refractivity contribution in [2.45, 2.75) is 63.2 Å². The van der Waals surface area contributed by atoms with Gasteiger partial charge in [-0.05, 0) is 73.5 Å². The third kappa shape index (κ3) is 5.78. The Morgan fingerprint density at radius 1 is 1.12 bits per heavy atom. The molecule has 184 valence electrons. The van der Waals surface area contributed by atoms with Crippen LogP contribution < -0.4 is 15.5 Å². The molecular weight excluding hydrogens is 436 g/mol. The molecule has 2 saturated heterocycles. The smallest absolute Gasteiger partial charge is 0.221 e. The fraction of sp³-hybridized carbons (Fsp3) is 0.720. The lowest BCUT2D eigenvalue weighted by atomic mass is 9.78. The van der Waals surface area contributed by atoms with Gasteiger partial charge >= 0.3 is 0 Å². The number of hydrogen-bond acceptors (Lipinski definition) is 6. The highest BCUT2D eigenvalue weighted by molar-refractivity contribution is 7.80. The van der Waals surface area contributed by atoms with Gasteiger partial charge in [0.1, 0.15) is 0 Å². The molecule has 1 aromatic carbocycles. The molecule has 0 bridgehead atoms. The first-order valence-corrected chi connectivity index (χ1v) is 13.7. The van der Waals surface area contributed by atoms with E-state index in [4.69, 9.17) is 0 Å². The molecule has 2 atom stereocenters. The van der Waals surface area contributed by atoms with Crippen LogP contribution in [0.5, 0.6) is 0 Å². The summed E-state index contributed by atoms with van der Waals surface area (Å²) in [6, 6.07) is 7.93. The van der Waals surface area contributed by atoms with E-state index < -0.39 is 16.0 Å². The molecule has 1 aromatic rings. The summed E-state index contributed by atoms with van der Waals surface area (Å²) in [5, 5.41) is 6.28. The molecule has 1 saturated carbocycles. The molecule has 33 heavy (non-hydrogen) atoms. The zero-order valence-electron chi connectivity index (χ0n) is 19.9. The first-order valence-electron chi connectivity index (χ1n) is 12.7. The maximum Gasteiger partial charge on any atom is 0.221 e. The Morgan fingerprint density at radius 3 is 2.45 bits per heavy atom. The van der Waals surface area contributed by atoms with Gasteiger partial charge in [-0.15, -0.1) is 0 Å². The third-order valence-corrected chi connectivity index (χ3v) is 9.25. The van der Waals surface area contributed by atoms with Crippen LogP contribution in [0.2, 0.25) is 0 Å². The van der Waals surface area contributed by atoms with E-state index in [2.05, 4.69) is 26.5 Å². The van der Waals surface area contributed by atoms with Gasteiger partial charge in [-0.2, -0.15) is 0 Å². The van der Waals surface area contributed by atoms with E-state index in [0.717, 1.165) is 69.9 Å². The van der Waals surface area contributed by atoms with E-state index >= 15 is 0 Å². The van der Waals surface area contributed by atoms with E-state index in [1.807, 2.05) is 18.2 Å². The zero-order valence-corrected chi connectivity index (χ0v) is 20.7. The van der Waals surface area contributed by atoms with Crippen molar-refractivity contribution < 1.29 is 13.6 Å². The number of amides is 1. The maximum atomic E-state index is 13.1. The summed E-state index contributed by atoms with van der Waals surface area (Å²) in [5.74, 6) is 0.622. The second-order valence-corrected chi connectivity index (χ2v) is 11.2. The largest absolute Gasteiger partial charge is 0.771 e. The van der Waals surface area contributed by atoms with Gasteiger partial charge in [-0.3, -0.25) is 13.9 Å². The summed E-state index contributed by atoms with van der Waals surface area (Å²) >= 11 is -2.14. The van der Waals surface area contributed by atoms with Crippen LogP contribution in [-0.4, -0.2) is 63.7 Å². The average molecular weight is 476 g/mol. The summed E-state index contributed by atoms with van der Waals surface area (Å²) in [6.45, 7) is 6.40. The Balaban J connectivity index is 1.52. The van der Waals surface area contributed by atoms with Gasteiger partial charge in [0.2, 0.25) is 5.91 Å². The Kier molecular flexibility index (Phi) is 8.43. The zero-order chi connectivity index (χ0) is 23.3. The Labute approximate surface area is 201 Å². The minimum atomic E-state index is -2.14. The molecule has 2 unspecified atom stereocenters. The fourth-order valence-corrected chi connectivity index (χ4v) is 7.54. The van der Waals surface area contributed by atoms with Crippen LogP contribution in [0, 0.1) is 11.8 Å². The molecule has 2 N–H and O–H groups in total. The lowest BCUT2D eigenvalue weighted by Gasteiger charge is -2.55. The first kappa shape index (κ1) is 24.6. The molecule has 0 aromatic heterocycles. The van der Waals surface area contributed by atoms with Crippen molar-refractivity contribution in [1.82, 2.24) is 10.2 Å². The number of piperazine rings is 1. The van der Waals surface area contributed by atoms with Crippen molar-refractivity contribution in [1.29, 1.82) is 0 Å². The van der Waals surface area contributed by atoms with Gasteiger partial charge in [-0.1, -0.05) is 38.2 Å². The summed E-state index contributed by atoms with van der Waals surface area (Å²) in [4.78, 5) is 15.3. The molecule has 3 aliphatic rings. The van der Waals surface area contributed by atoms with Crippen LogP contribution in [0.25, 0.3) is 0 Å². The molecule has 0 radical (unpaired) electrons. The quantitative estimate of drug-likeness (QED) is 0.589. The number of carbonyl (C=O) groups excluding carboxylic acids is 1. The van der Waals surface area contributed by atoms with Crippen molar-refractivity contribution in [3.63, 3.8) is 0 Å². The van der Waals surface area contributed by atoms with Crippen LogP contribution in [0.1, 0.15) is 58.3 Å². The van der Waals surface area contributed by atoms with Crippen LogP contribution in [0.4, 0.5) is 11.4 Å². The number of benzene rings is 1. The van der Waals surface area contributed by atoms with Crippen molar-refractivity contribution >= 4 is 28.4 Å². The number of nitrogens with one attached hydrogen (secondary N) is 2. The van der Waals surface area contributed by atoms with Gasteiger partial charge in [-0.25, -0.2) is 0 Å². The predicted molar refractivity (Wildman–Crippen MR) is 133 cm³/mol. The van der Waals surface area contributed by atoms with Crippen LogP contribution in [-0.2, 0) is 15.9 Å². The topological polar surface area (TPSA) is 87.7 Å². The second-order valence-electron chi connectivity index (χ2n) is 10.0. The highest BCUT2D eigenvalue weighted by Crippen LogP contribution is 2.43. The van der Waals surface area contributed by atoms with Crippen LogP contribution >= 0.6 is 0 Å². The molecule has 8 heteroatoms. The van der Waals surface area contributed by atoms with Gasteiger partial charge < -0.3 is 20.1 Å². The van der Waals surface area contributed by atoms with Crippen molar-refractivity contribution in [2.24, 2.45) is 11.8 Å². The number of hydrogen-bond donors (Lipinski definition) is 2. The van der Waals surface area contributed by atoms with Crippen molar-refractivity contribution in [3.8, 4) is 0 Å². The molecule has 2 aliphatic heterocycles. The van der Waals surface area contributed by atoms with E-state index in [9.17, 15) is 13.6 Å². The Morgan fingerprint density at radius 2 is 1.82 bits per heavy atom. The molecular formula is C25H39N4O3S-. The molecule has 2 heterocycles. The third-order valence-electron chi connectivity index (χ3n) is 7.92. The van der Waals surface area contributed by atoms with Gasteiger partial charge in [0, 0.05) is 44.5 Å². The van der Waals surface area contributed by atoms with E-state index in [0.29, 0.717) is 5.92 Å². The van der Waals surface area contributed by atoms with Crippen LogP contribution in [0.3, 0.4) is 0 Å². The minimum Gasteiger partial charge on any atom is -0.771 e. The summed E-state index contributed by atoms with van der Waals surface area (Å²) in [5.41, 5.74) is 1.87. The van der Waals surface area contributed by atoms with Crippen molar-refractivity contribution in [2.75, 3.05) is 49.5 Å². The van der Waals surface area contributed by atoms with Gasteiger partial charge in [0.25, 0.3) is 0 Å². The molecule has 7 nitrogen and oxygen atoms in total. The van der Waals surface area contributed by atoms with Crippen LogP contribution in [0.15, 0.2) is 24.3 Å². The summed E-state index contributed by atoms with van der Waals surface area (Å²) in [6.07, 6.45) is 8.73. The Hall–Kier alpha value is -1.48. The number of rotatable bonds is 7. The van der Waals surface area contributed by atoms with Crippen molar-refractivity contribution in [3.05, 3.63) is 24.3 Å². The normalized spacial score (nSPS) is 24.2. The Bertz CT molecular complexity index is 818. The molecule has 3 fully saturated rings. The first-order chi connectivity index (χ1) is 16.0. The highest BCUT2D eigenvalue weighted by Gasteiger charge is 2.47. The average Bonchev–Trinajstić information content (AvgIpc) is 2.83. The molecule has 4 rings (SSSR count). The summed E-state index contributed by atoms with van der Waals surface area (Å²) in [7, 11) is 0. The molecule has 1 aliphatic carbocycles. The lowest BCUT2D eigenvalue weighted by molar-refractivity contribution is -0.114. The monoisotopic (exact) mass is 475 g/mol. The van der Waals surface area contributed by atoms with Gasteiger partial charge in [0.05, 0.1) is 4.87 Å². The molecule has 1 amide bonds. The highest BCUT2D eigenvalue weighted by atomic mass is 32.2. The standard InChI is InChI=1S/C25H40N4O3S/c1-20(30)27-23-8-5-9-24(18-23)28-14-16-29(17-15-28)25(33(31)32,22-10-12-26-13-11-22)19-21-6-3-2-4-7-21/h5,8-9,18,21-22,26H,2-4,6-7,10-17,19H2,1H3,(H,27,30)(H,31,32)/p-1. The molecule has 0 spiro atoms. The van der Waals surface area contributed by atoms with E-state index in [-0.39, 0.29) is 11.8 Å². The fourth-order valence-electron chi connectivity index (χ4n) is 6.27. The van der Waals surface area contributed by atoms with E-state index in [1.165, 1.54) is 39.0 Å². The SMILES string of the molecule is CC(=O)Nc1cccc(N2CCN(C(CC3CCCCC3)(C3CCNCC3)S(=O)[O-])CC2)c1. The number of nitrogens with zero attached hydrogens (tertiary/aromatic N) is 2. The number of piperidine rings is 1. The predicted octanol–water partition coefficient (Wildman–Crippen LogP) is 3.31.